The number of rotatable bonds is 2. The van der Waals surface area contributed by atoms with Crippen LogP contribution >= 0.6 is 11.8 Å². The van der Waals surface area contributed by atoms with E-state index in [1.807, 2.05) is 13.8 Å². The van der Waals surface area contributed by atoms with Crippen molar-refractivity contribution in [1.29, 1.82) is 0 Å². The van der Waals surface area contributed by atoms with Crippen LogP contribution in [0.4, 0.5) is 5.88 Å². The van der Waals surface area contributed by atoms with Gasteiger partial charge in [-0.25, -0.2) is 0 Å². The van der Waals surface area contributed by atoms with Gasteiger partial charge in [-0.1, -0.05) is 25.8 Å². The van der Waals surface area contributed by atoms with Crippen LogP contribution in [-0.4, -0.2) is 34.1 Å². The van der Waals surface area contributed by atoms with Crippen LogP contribution in [0.2, 0.25) is 0 Å². The van der Waals surface area contributed by atoms with E-state index in [1.54, 1.807) is 32.5 Å². The van der Waals surface area contributed by atoms with E-state index in [0.717, 1.165) is 5.75 Å². The Balaban J connectivity index is 2.13. The van der Waals surface area contributed by atoms with Crippen LogP contribution in [-0.2, 0) is 9.59 Å². The number of nitrogens with zero attached hydrogens (tertiary/aromatic N) is 4. The van der Waals surface area contributed by atoms with E-state index >= 15 is 0 Å². The Morgan fingerprint density at radius 2 is 2.19 bits per heavy atom. The minimum atomic E-state index is -0.586. The second-order valence-electron chi connectivity index (χ2n) is 6.41. The predicted molar refractivity (Wildman–Crippen MR) is 78.8 cm³/mol. The molecule has 0 unspecified atom stereocenters. The second-order valence-corrected chi connectivity index (χ2v) is 8.13. The standard InChI is InChI=1S/C13H20N4O3S/c1-12(2,3)10(18)14-9-8-17(15-20-9)16-6-7-21-13(4,5)11(16)19/h8H,6-7H2,1-5H3. The maximum absolute atomic E-state index is 12.3. The Hall–Kier alpha value is -1.57. The number of amides is 2. The van der Waals surface area contributed by atoms with Gasteiger partial charge in [-0.05, 0) is 13.8 Å². The molecule has 7 nitrogen and oxygen atoms in total. The van der Waals surface area contributed by atoms with Crippen LogP contribution in [0.3, 0.4) is 0 Å². The van der Waals surface area contributed by atoms with Crippen molar-refractivity contribution in [2.75, 3.05) is 17.3 Å². The van der Waals surface area contributed by atoms with Crippen molar-refractivity contribution in [1.82, 2.24) is 5.27 Å². The molecule has 1 aromatic heterocycles. The minimum absolute atomic E-state index is 0.0502. The molecule has 1 fully saturated rings. The molecule has 1 aliphatic rings. The lowest BCUT2D eigenvalue weighted by atomic mass is 9.96. The predicted octanol–water partition coefficient (Wildman–Crippen LogP) is 1.53. The highest BCUT2D eigenvalue weighted by atomic mass is 32.2. The Kier molecular flexibility index (Phi) is 4.01. The normalized spacial score (nSPS) is 18.7. The largest absolute Gasteiger partial charge is 0.588 e. The summed E-state index contributed by atoms with van der Waals surface area (Å²) in [5, 5.41) is 9.16. The molecule has 2 heterocycles. The Morgan fingerprint density at radius 3 is 2.81 bits per heavy atom. The molecule has 0 N–H and O–H groups in total. The van der Waals surface area contributed by atoms with E-state index < -0.39 is 10.2 Å². The summed E-state index contributed by atoms with van der Waals surface area (Å²) < 4.78 is 4.53. The van der Waals surface area contributed by atoms with Gasteiger partial charge in [-0.15, -0.1) is 11.8 Å². The quantitative estimate of drug-likeness (QED) is 0.774. The molecule has 116 valence electrons. The summed E-state index contributed by atoms with van der Waals surface area (Å²) in [6, 6.07) is 0. The third-order valence-electron chi connectivity index (χ3n) is 3.06. The average Bonchev–Trinajstić information content (AvgIpc) is 2.80. The molecule has 2 rings (SSSR count). The lowest BCUT2D eigenvalue weighted by molar-refractivity contribution is -0.749. The summed E-state index contributed by atoms with van der Waals surface area (Å²) >= 11 is 1.61. The first-order valence-electron chi connectivity index (χ1n) is 6.72. The van der Waals surface area contributed by atoms with Gasteiger partial charge in [0.2, 0.25) is 5.27 Å². The third kappa shape index (κ3) is 3.37. The van der Waals surface area contributed by atoms with Gasteiger partial charge in [0.05, 0.1) is 22.0 Å². The van der Waals surface area contributed by atoms with Crippen LogP contribution in [0.25, 0.3) is 5.32 Å². The van der Waals surface area contributed by atoms with Gasteiger partial charge in [0, 0.05) is 11.2 Å². The number of aromatic nitrogens is 2. The fourth-order valence-electron chi connectivity index (χ4n) is 1.72. The lowest BCUT2D eigenvalue weighted by Crippen LogP contribution is -2.68. The molecule has 0 aromatic carbocycles. The molecule has 0 spiro atoms. The van der Waals surface area contributed by atoms with Gasteiger partial charge in [0.15, 0.2) is 0 Å². The van der Waals surface area contributed by atoms with E-state index in [-0.39, 0.29) is 17.7 Å². The SMILES string of the molecule is CC(C)(C)C(=O)[N-]c1c[n+](N2CCSC(C)(C)C2=O)no1. The maximum atomic E-state index is 12.3. The van der Waals surface area contributed by atoms with Crippen LogP contribution in [0.1, 0.15) is 34.6 Å². The van der Waals surface area contributed by atoms with Gasteiger partial charge >= 0.3 is 0 Å². The molecule has 1 aliphatic heterocycles. The Bertz CT molecular complexity index is 562. The zero-order valence-electron chi connectivity index (χ0n) is 12.9. The molecular weight excluding hydrogens is 292 g/mol. The highest BCUT2D eigenvalue weighted by molar-refractivity contribution is 8.01. The van der Waals surface area contributed by atoms with Gasteiger partial charge < -0.3 is 14.6 Å². The molecule has 1 saturated heterocycles. The summed E-state index contributed by atoms with van der Waals surface area (Å²) in [5.74, 6) is 0.558. The number of thioether (sulfide) groups is 1. The number of carbonyl (C=O) groups excluding carboxylic acids is 2. The summed E-state index contributed by atoms with van der Waals surface area (Å²) in [4.78, 5) is 25.5. The van der Waals surface area contributed by atoms with Crippen LogP contribution in [0.5, 0.6) is 0 Å². The highest BCUT2D eigenvalue weighted by Gasteiger charge is 2.42. The summed E-state index contributed by atoms with van der Waals surface area (Å²) in [5.41, 5.74) is -0.586. The molecule has 0 saturated carbocycles. The molecule has 0 aliphatic carbocycles. The van der Waals surface area contributed by atoms with Gasteiger partial charge in [0.1, 0.15) is 5.88 Å². The highest BCUT2D eigenvalue weighted by Crippen LogP contribution is 2.29. The van der Waals surface area contributed by atoms with Crippen molar-refractivity contribution >= 4 is 29.5 Å². The molecule has 21 heavy (non-hydrogen) atoms. The van der Waals surface area contributed by atoms with Gasteiger partial charge in [0.25, 0.3) is 12.1 Å². The number of hydrogen-bond acceptors (Lipinski definition) is 5. The Morgan fingerprint density at radius 1 is 1.52 bits per heavy atom. The summed E-state index contributed by atoms with van der Waals surface area (Å²) in [6.45, 7) is 9.62. The zero-order valence-corrected chi connectivity index (χ0v) is 13.7. The van der Waals surface area contributed by atoms with Crippen LogP contribution in [0, 0.1) is 5.41 Å². The van der Waals surface area contributed by atoms with Crippen molar-refractivity contribution in [2.24, 2.45) is 5.41 Å². The molecule has 1 aromatic rings. The van der Waals surface area contributed by atoms with E-state index in [0.29, 0.717) is 6.54 Å². The molecule has 0 radical (unpaired) electrons. The number of carbonyl (C=O) groups is 2. The van der Waals surface area contributed by atoms with Crippen LogP contribution in [0.15, 0.2) is 10.7 Å². The van der Waals surface area contributed by atoms with Crippen molar-refractivity contribution in [3.8, 4) is 0 Å². The smallest absolute Gasteiger partial charge is 0.295 e. The average molecular weight is 312 g/mol. The Labute approximate surface area is 128 Å². The molecule has 2 amide bonds. The monoisotopic (exact) mass is 312 g/mol. The van der Waals surface area contributed by atoms with E-state index in [4.69, 9.17) is 4.52 Å². The zero-order chi connectivity index (χ0) is 15.8. The molecular formula is C13H20N4O3S. The van der Waals surface area contributed by atoms with Gasteiger partial charge in [-0.2, -0.15) is 0 Å². The first-order valence-corrected chi connectivity index (χ1v) is 7.71. The lowest BCUT2D eigenvalue weighted by Gasteiger charge is -2.30. The van der Waals surface area contributed by atoms with Crippen molar-refractivity contribution in [2.45, 2.75) is 39.4 Å². The number of hydrogen-bond donors (Lipinski definition) is 0. The minimum Gasteiger partial charge on any atom is -0.588 e. The van der Waals surface area contributed by atoms with Crippen molar-refractivity contribution in [3.63, 3.8) is 0 Å². The van der Waals surface area contributed by atoms with E-state index in [2.05, 4.69) is 10.6 Å². The first kappa shape index (κ1) is 15.8. The summed E-state index contributed by atoms with van der Waals surface area (Å²) in [7, 11) is 0. The molecule has 8 heteroatoms. The summed E-state index contributed by atoms with van der Waals surface area (Å²) in [6.07, 6.45) is 1.45. The molecule has 0 bridgehead atoms. The maximum Gasteiger partial charge on any atom is 0.295 e. The van der Waals surface area contributed by atoms with Crippen molar-refractivity contribution in [3.05, 3.63) is 11.5 Å². The van der Waals surface area contributed by atoms with E-state index in [1.165, 1.54) is 16.0 Å². The van der Waals surface area contributed by atoms with Crippen molar-refractivity contribution < 1.29 is 18.9 Å². The fraction of sp³-hybridized carbons (Fsp3) is 0.692. The second kappa shape index (κ2) is 5.32. The topological polar surface area (TPSA) is 81.4 Å². The van der Waals surface area contributed by atoms with Crippen LogP contribution < -0.4 is 9.80 Å². The fourth-order valence-corrected chi connectivity index (χ4v) is 2.72. The molecule has 0 atom stereocenters. The van der Waals surface area contributed by atoms with E-state index in [9.17, 15) is 9.59 Å². The third-order valence-corrected chi connectivity index (χ3v) is 4.34. The van der Waals surface area contributed by atoms with Gasteiger partial charge in [-0.3, -0.25) is 4.79 Å². The first-order chi connectivity index (χ1) is 9.61.